The summed E-state index contributed by atoms with van der Waals surface area (Å²) in [6, 6.07) is 4.55. The van der Waals surface area contributed by atoms with Crippen molar-refractivity contribution in [3.05, 3.63) is 28.8 Å². The van der Waals surface area contributed by atoms with Crippen LogP contribution in [0, 0.1) is 12.3 Å². The second-order valence-electron chi connectivity index (χ2n) is 2.21. The first-order valence-electron chi connectivity index (χ1n) is 3.21. The van der Waals surface area contributed by atoms with Crippen molar-refractivity contribution in [1.82, 2.24) is 0 Å². The van der Waals surface area contributed by atoms with Crippen molar-refractivity contribution in [2.75, 3.05) is 5.73 Å². The summed E-state index contributed by atoms with van der Waals surface area (Å²) in [6.45, 7) is 0. The van der Waals surface area contributed by atoms with E-state index in [1.54, 1.807) is 12.1 Å². The maximum atomic E-state index is 10.9. The van der Waals surface area contributed by atoms with Crippen molar-refractivity contribution in [3.8, 4) is 12.3 Å². The summed E-state index contributed by atoms with van der Waals surface area (Å²) >= 11 is 5.64. The van der Waals surface area contributed by atoms with E-state index in [-0.39, 0.29) is 0 Å². The molecule has 0 spiro atoms. The van der Waals surface area contributed by atoms with E-state index < -0.39 is 5.78 Å². The van der Waals surface area contributed by atoms with Crippen LogP contribution in [0.3, 0.4) is 0 Å². The van der Waals surface area contributed by atoms with Gasteiger partial charge in [-0.25, -0.2) is 0 Å². The van der Waals surface area contributed by atoms with Gasteiger partial charge in [0, 0.05) is 5.56 Å². The summed E-state index contributed by atoms with van der Waals surface area (Å²) in [6.07, 6.45) is 4.92. The van der Waals surface area contributed by atoms with Crippen molar-refractivity contribution in [1.29, 1.82) is 0 Å². The van der Waals surface area contributed by atoms with Gasteiger partial charge >= 0.3 is 0 Å². The number of rotatable bonds is 1. The summed E-state index contributed by atoms with van der Waals surface area (Å²) in [7, 11) is 0. The van der Waals surface area contributed by atoms with Gasteiger partial charge in [-0.2, -0.15) is 0 Å². The molecule has 0 aliphatic carbocycles. The van der Waals surface area contributed by atoms with Crippen molar-refractivity contribution in [3.63, 3.8) is 0 Å². The van der Waals surface area contributed by atoms with Gasteiger partial charge in [-0.05, 0) is 24.1 Å². The van der Waals surface area contributed by atoms with Crippen molar-refractivity contribution in [2.24, 2.45) is 0 Å². The highest BCUT2D eigenvalue weighted by Gasteiger charge is 2.03. The van der Waals surface area contributed by atoms with E-state index in [1.165, 1.54) is 6.07 Å². The van der Waals surface area contributed by atoms with Gasteiger partial charge in [-0.3, -0.25) is 4.79 Å². The number of nitrogen functional groups attached to an aromatic ring is 1. The SMILES string of the molecule is C#CC(=O)c1ccc(Cl)c(N)c1. The lowest BCUT2D eigenvalue weighted by molar-refractivity contribution is 0.105. The average Bonchev–Trinajstić information content (AvgIpc) is 2.08. The Balaban J connectivity index is 3.15. The van der Waals surface area contributed by atoms with E-state index in [1.807, 2.05) is 5.92 Å². The van der Waals surface area contributed by atoms with Gasteiger partial charge in [-0.15, -0.1) is 6.42 Å². The zero-order valence-electron chi connectivity index (χ0n) is 6.17. The van der Waals surface area contributed by atoms with Crippen molar-refractivity contribution in [2.45, 2.75) is 0 Å². The van der Waals surface area contributed by atoms with Gasteiger partial charge < -0.3 is 5.73 Å². The Morgan fingerprint density at radius 3 is 2.75 bits per heavy atom. The predicted molar refractivity (Wildman–Crippen MR) is 49.0 cm³/mol. The molecule has 0 saturated carbocycles. The molecule has 2 N–H and O–H groups in total. The molecule has 0 atom stereocenters. The number of hydrogen-bond donors (Lipinski definition) is 1. The smallest absolute Gasteiger partial charge is 0.235 e. The molecule has 1 aromatic rings. The van der Waals surface area contributed by atoms with Crippen LogP contribution in [-0.4, -0.2) is 5.78 Å². The number of terminal acetylenes is 1. The molecule has 0 unspecified atom stereocenters. The van der Waals surface area contributed by atoms with Crippen LogP contribution in [0.4, 0.5) is 5.69 Å². The number of halogens is 1. The molecular weight excluding hydrogens is 174 g/mol. The lowest BCUT2D eigenvalue weighted by Gasteiger charge is -1.98. The molecule has 0 radical (unpaired) electrons. The minimum absolute atomic E-state index is 0.359. The van der Waals surface area contributed by atoms with Crippen molar-refractivity contribution < 1.29 is 4.79 Å². The van der Waals surface area contributed by atoms with Gasteiger partial charge in [0.2, 0.25) is 5.78 Å². The van der Waals surface area contributed by atoms with E-state index in [9.17, 15) is 4.79 Å². The fourth-order valence-electron chi connectivity index (χ4n) is 0.768. The van der Waals surface area contributed by atoms with Crippen molar-refractivity contribution >= 4 is 23.1 Å². The van der Waals surface area contributed by atoms with Crippen LogP contribution in [0.25, 0.3) is 0 Å². The third kappa shape index (κ3) is 1.58. The largest absolute Gasteiger partial charge is 0.398 e. The average molecular weight is 180 g/mol. The Kier molecular flexibility index (Phi) is 2.37. The molecule has 0 aromatic heterocycles. The zero-order chi connectivity index (χ0) is 9.14. The summed E-state index contributed by atoms with van der Waals surface area (Å²) in [5.41, 5.74) is 6.21. The number of nitrogens with two attached hydrogens (primary N) is 1. The zero-order valence-corrected chi connectivity index (χ0v) is 6.93. The summed E-state index contributed by atoms with van der Waals surface area (Å²) in [4.78, 5) is 10.9. The summed E-state index contributed by atoms with van der Waals surface area (Å²) in [5.74, 6) is 1.60. The minimum atomic E-state index is -0.390. The van der Waals surface area contributed by atoms with Crippen LogP contribution in [0.2, 0.25) is 5.02 Å². The number of Topliss-reactive ketones (excluding diaryl/α,β-unsaturated/α-hetero) is 1. The first kappa shape index (κ1) is 8.63. The molecule has 12 heavy (non-hydrogen) atoms. The molecule has 0 bridgehead atoms. The molecule has 2 nitrogen and oxygen atoms in total. The Morgan fingerprint density at radius 2 is 2.25 bits per heavy atom. The Hall–Kier alpha value is -1.46. The Bertz CT molecular complexity index is 365. The van der Waals surface area contributed by atoms with Gasteiger partial charge in [0.15, 0.2) is 0 Å². The van der Waals surface area contributed by atoms with Crippen LogP contribution < -0.4 is 5.73 Å². The number of hydrogen-bond acceptors (Lipinski definition) is 2. The molecule has 0 saturated heterocycles. The highest BCUT2D eigenvalue weighted by atomic mass is 35.5. The van der Waals surface area contributed by atoms with Gasteiger partial charge in [-0.1, -0.05) is 11.6 Å². The highest BCUT2D eigenvalue weighted by Crippen LogP contribution is 2.19. The normalized spacial score (nSPS) is 9.00. The molecule has 1 rings (SSSR count). The standard InChI is InChI=1S/C9H6ClNO/c1-2-9(12)6-3-4-7(10)8(11)5-6/h1,3-5H,11H2. The predicted octanol–water partition coefficient (Wildman–Crippen LogP) is 1.74. The molecular formula is C9H6ClNO. The molecule has 0 fully saturated rings. The Morgan fingerprint density at radius 1 is 1.58 bits per heavy atom. The van der Waals surface area contributed by atoms with E-state index in [0.29, 0.717) is 16.3 Å². The lowest BCUT2D eigenvalue weighted by atomic mass is 10.1. The number of anilines is 1. The van der Waals surface area contributed by atoms with Crippen LogP contribution in [-0.2, 0) is 0 Å². The molecule has 0 aliphatic rings. The van der Waals surface area contributed by atoms with Gasteiger partial charge in [0.1, 0.15) is 0 Å². The van der Waals surface area contributed by atoms with Crippen LogP contribution >= 0.6 is 11.6 Å². The second kappa shape index (κ2) is 3.29. The van der Waals surface area contributed by atoms with Gasteiger partial charge in [0.05, 0.1) is 10.7 Å². The highest BCUT2D eigenvalue weighted by molar-refractivity contribution is 6.33. The lowest BCUT2D eigenvalue weighted by Crippen LogP contribution is -1.96. The van der Waals surface area contributed by atoms with Crippen LogP contribution in [0.1, 0.15) is 10.4 Å². The van der Waals surface area contributed by atoms with Crippen LogP contribution in [0.15, 0.2) is 18.2 Å². The third-order valence-electron chi connectivity index (χ3n) is 1.39. The molecule has 1 aromatic carbocycles. The Labute approximate surface area is 75.3 Å². The van der Waals surface area contributed by atoms with E-state index in [4.69, 9.17) is 23.8 Å². The molecule has 0 heterocycles. The third-order valence-corrected chi connectivity index (χ3v) is 1.73. The van der Waals surface area contributed by atoms with E-state index in [0.717, 1.165) is 0 Å². The van der Waals surface area contributed by atoms with Gasteiger partial charge in [0.25, 0.3) is 0 Å². The molecule has 0 amide bonds. The number of ketones is 1. The topological polar surface area (TPSA) is 43.1 Å². The fourth-order valence-corrected chi connectivity index (χ4v) is 0.886. The molecule has 0 aliphatic heterocycles. The minimum Gasteiger partial charge on any atom is -0.398 e. The quantitative estimate of drug-likeness (QED) is 0.309. The number of carbonyl (C=O) groups excluding carboxylic acids is 1. The molecule has 3 heteroatoms. The van der Waals surface area contributed by atoms with E-state index >= 15 is 0 Å². The first-order chi connectivity index (χ1) is 5.65. The summed E-state index contributed by atoms with van der Waals surface area (Å²) < 4.78 is 0. The van der Waals surface area contributed by atoms with E-state index in [2.05, 4.69) is 0 Å². The number of carbonyl (C=O) groups is 1. The maximum Gasteiger partial charge on any atom is 0.235 e. The number of benzene rings is 1. The first-order valence-corrected chi connectivity index (χ1v) is 3.59. The van der Waals surface area contributed by atoms with Crippen LogP contribution in [0.5, 0.6) is 0 Å². The monoisotopic (exact) mass is 179 g/mol. The maximum absolute atomic E-state index is 10.9. The molecule has 60 valence electrons. The fraction of sp³-hybridized carbons (Fsp3) is 0. The second-order valence-corrected chi connectivity index (χ2v) is 2.62. The summed E-state index contributed by atoms with van der Waals surface area (Å²) in [5, 5.41) is 0.420.